The summed E-state index contributed by atoms with van der Waals surface area (Å²) in [4.78, 5) is 20.5. The first kappa shape index (κ1) is 24.8. The number of aliphatic carboxylic acids is 1. The van der Waals surface area contributed by atoms with Gasteiger partial charge in [-0.1, -0.05) is 46.9 Å². The average molecular weight is 523 g/mol. The zero-order valence-electron chi connectivity index (χ0n) is 20.5. The molecule has 192 valence electrons. The molecular weight excluding hydrogens is 495 g/mol. The van der Waals surface area contributed by atoms with Crippen LogP contribution in [0.2, 0.25) is 0 Å². The Kier molecular flexibility index (Phi) is 7.13. The van der Waals surface area contributed by atoms with Crippen LogP contribution in [0.25, 0.3) is 22.6 Å². The van der Waals surface area contributed by atoms with E-state index in [4.69, 9.17) is 9.72 Å². The molecule has 0 unspecified atom stereocenters. The van der Waals surface area contributed by atoms with Gasteiger partial charge in [-0.3, -0.25) is 4.79 Å². The van der Waals surface area contributed by atoms with Crippen molar-refractivity contribution in [2.75, 3.05) is 5.32 Å². The standard InChI is InChI=1S/C26H27FN6O3S/c1-15-21(36-18-10-6-9-17(13-18)25(34)35)12-11-19(29-15)23-20(33(2)32-31-23)14-28-26-30-22(24(27)37-26)16-7-4-3-5-8-16/h3-5,7-8,11-12,17-18H,6,9-10,13-14H2,1-2H3,(H,28,30)(H,34,35)/t17-,18-/m0/s1. The summed E-state index contributed by atoms with van der Waals surface area (Å²) in [5.41, 5.74) is 3.74. The van der Waals surface area contributed by atoms with Gasteiger partial charge in [0.25, 0.3) is 0 Å². The van der Waals surface area contributed by atoms with Crippen LogP contribution in [0.3, 0.4) is 0 Å². The molecule has 0 amide bonds. The van der Waals surface area contributed by atoms with Crippen LogP contribution >= 0.6 is 11.3 Å². The van der Waals surface area contributed by atoms with Crippen LogP contribution in [0.4, 0.5) is 9.52 Å². The molecule has 37 heavy (non-hydrogen) atoms. The van der Waals surface area contributed by atoms with Crippen molar-refractivity contribution < 1.29 is 19.0 Å². The van der Waals surface area contributed by atoms with E-state index in [-0.39, 0.29) is 17.2 Å². The zero-order valence-corrected chi connectivity index (χ0v) is 21.3. The van der Waals surface area contributed by atoms with Crippen molar-refractivity contribution in [3.8, 4) is 28.4 Å². The summed E-state index contributed by atoms with van der Waals surface area (Å²) < 4.78 is 22.3. The van der Waals surface area contributed by atoms with Gasteiger partial charge in [-0.15, -0.1) is 5.10 Å². The van der Waals surface area contributed by atoms with Crippen LogP contribution < -0.4 is 10.1 Å². The minimum atomic E-state index is -0.765. The van der Waals surface area contributed by atoms with Gasteiger partial charge in [0.05, 0.1) is 35.6 Å². The maximum absolute atomic E-state index is 14.5. The number of carbonyl (C=O) groups is 1. The first-order chi connectivity index (χ1) is 17.9. The van der Waals surface area contributed by atoms with E-state index in [2.05, 4.69) is 20.6 Å². The van der Waals surface area contributed by atoms with Gasteiger partial charge in [-0.05, 0) is 44.7 Å². The number of nitrogens with zero attached hydrogens (tertiary/aromatic N) is 5. The first-order valence-corrected chi connectivity index (χ1v) is 12.9. The predicted octanol–water partition coefficient (Wildman–Crippen LogP) is 5.08. The number of thiazole rings is 1. The van der Waals surface area contributed by atoms with Gasteiger partial charge in [-0.25, -0.2) is 14.6 Å². The highest BCUT2D eigenvalue weighted by Gasteiger charge is 2.28. The summed E-state index contributed by atoms with van der Waals surface area (Å²) in [6, 6.07) is 12.9. The predicted molar refractivity (Wildman–Crippen MR) is 138 cm³/mol. The molecule has 0 bridgehead atoms. The van der Waals surface area contributed by atoms with Crippen LogP contribution in [0.5, 0.6) is 5.75 Å². The Morgan fingerprint density at radius 3 is 2.76 bits per heavy atom. The maximum Gasteiger partial charge on any atom is 0.306 e. The zero-order chi connectivity index (χ0) is 25.9. The molecule has 1 saturated carbocycles. The molecule has 0 spiro atoms. The Morgan fingerprint density at radius 1 is 1.19 bits per heavy atom. The number of carboxylic acid groups (broad SMARTS) is 1. The van der Waals surface area contributed by atoms with Crippen LogP contribution in [0.1, 0.15) is 37.1 Å². The molecule has 3 aromatic heterocycles. The van der Waals surface area contributed by atoms with Crippen LogP contribution in [-0.4, -0.2) is 42.1 Å². The number of pyridine rings is 1. The van der Waals surface area contributed by atoms with E-state index in [9.17, 15) is 14.3 Å². The number of ether oxygens (including phenoxy) is 1. The van der Waals surface area contributed by atoms with Crippen molar-refractivity contribution in [1.29, 1.82) is 0 Å². The van der Waals surface area contributed by atoms with E-state index in [1.807, 2.05) is 49.4 Å². The Balaban J connectivity index is 1.30. The third-order valence-electron chi connectivity index (χ3n) is 6.53. The highest BCUT2D eigenvalue weighted by Crippen LogP contribution is 2.32. The molecule has 0 radical (unpaired) electrons. The van der Waals surface area contributed by atoms with Crippen molar-refractivity contribution in [2.45, 2.75) is 45.3 Å². The number of halogens is 1. The number of anilines is 1. The maximum atomic E-state index is 14.5. The summed E-state index contributed by atoms with van der Waals surface area (Å²) in [5, 5.41) is 21.1. The first-order valence-electron chi connectivity index (χ1n) is 12.1. The summed E-state index contributed by atoms with van der Waals surface area (Å²) in [6.45, 7) is 2.19. The minimum absolute atomic E-state index is 0.142. The molecule has 11 heteroatoms. The molecular formula is C26H27FN6O3S. The Labute approximate surface area is 217 Å². The molecule has 1 aliphatic carbocycles. The van der Waals surface area contributed by atoms with Gasteiger partial charge in [0.2, 0.25) is 5.13 Å². The van der Waals surface area contributed by atoms with Gasteiger partial charge in [-0.2, -0.15) is 4.39 Å². The second-order valence-electron chi connectivity index (χ2n) is 9.09. The van der Waals surface area contributed by atoms with Crippen molar-refractivity contribution in [2.24, 2.45) is 13.0 Å². The van der Waals surface area contributed by atoms with Crippen molar-refractivity contribution >= 4 is 22.4 Å². The normalized spacial score (nSPS) is 17.5. The largest absolute Gasteiger partial charge is 0.489 e. The Morgan fingerprint density at radius 2 is 2.00 bits per heavy atom. The minimum Gasteiger partial charge on any atom is -0.489 e. The average Bonchev–Trinajstić information content (AvgIpc) is 3.46. The van der Waals surface area contributed by atoms with E-state index >= 15 is 0 Å². The topological polar surface area (TPSA) is 115 Å². The van der Waals surface area contributed by atoms with Crippen molar-refractivity contribution in [3.05, 3.63) is 59.0 Å². The van der Waals surface area contributed by atoms with E-state index in [1.165, 1.54) is 0 Å². The highest BCUT2D eigenvalue weighted by molar-refractivity contribution is 7.14. The lowest BCUT2D eigenvalue weighted by Gasteiger charge is -2.27. The van der Waals surface area contributed by atoms with Gasteiger partial charge in [0, 0.05) is 12.6 Å². The molecule has 0 saturated heterocycles. The fraction of sp³-hybridized carbons (Fsp3) is 0.346. The summed E-state index contributed by atoms with van der Waals surface area (Å²) >= 11 is 0.953. The van der Waals surface area contributed by atoms with Gasteiger partial charge in [0.1, 0.15) is 17.1 Å². The van der Waals surface area contributed by atoms with Gasteiger partial charge < -0.3 is 15.2 Å². The number of aryl methyl sites for hydroxylation is 2. The second kappa shape index (κ2) is 10.6. The van der Waals surface area contributed by atoms with Crippen LogP contribution in [0.15, 0.2) is 42.5 Å². The lowest BCUT2D eigenvalue weighted by atomic mass is 9.87. The Bertz CT molecular complexity index is 1410. The van der Waals surface area contributed by atoms with Crippen LogP contribution in [0, 0.1) is 18.0 Å². The third-order valence-corrected chi connectivity index (χ3v) is 7.33. The molecule has 1 aromatic carbocycles. The summed E-state index contributed by atoms with van der Waals surface area (Å²) in [6.07, 6.45) is 2.71. The molecule has 1 fully saturated rings. The number of carboxylic acids is 1. The van der Waals surface area contributed by atoms with Gasteiger partial charge in [0.15, 0.2) is 5.13 Å². The fourth-order valence-corrected chi connectivity index (χ4v) is 5.26. The number of aromatic nitrogens is 5. The number of benzene rings is 1. The second-order valence-corrected chi connectivity index (χ2v) is 10.0. The van der Waals surface area contributed by atoms with E-state index in [0.717, 1.165) is 35.4 Å². The molecule has 4 aromatic rings. The van der Waals surface area contributed by atoms with Gasteiger partial charge >= 0.3 is 5.97 Å². The van der Waals surface area contributed by atoms with E-state index in [1.54, 1.807) is 11.7 Å². The molecule has 0 aliphatic heterocycles. The lowest BCUT2D eigenvalue weighted by molar-refractivity contribution is -0.143. The lowest BCUT2D eigenvalue weighted by Crippen LogP contribution is -2.29. The smallest absolute Gasteiger partial charge is 0.306 e. The summed E-state index contributed by atoms with van der Waals surface area (Å²) in [5.74, 6) is -0.495. The fourth-order valence-electron chi connectivity index (χ4n) is 4.55. The molecule has 5 rings (SSSR count). The molecule has 1 aliphatic rings. The van der Waals surface area contributed by atoms with Crippen LogP contribution in [-0.2, 0) is 18.4 Å². The van der Waals surface area contributed by atoms with Crippen molar-refractivity contribution in [1.82, 2.24) is 25.0 Å². The molecule has 2 atom stereocenters. The van der Waals surface area contributed by atoms with E-state index in [0.29, 0.717) is 53.0 Å². The number of nitrogens with one attached hydrogen (secondary N) is 1. The number of rotatable bonds is 8. The molecule has 2 N–H and O–H groups in total. The quantitative estimate of drug-likeness (QED) is 0.329. The Hall–Kier alpha value is -3.86. The molecule has 3 heterocycles. The number of hydrogen-bond donors (Lipinski definition) is 2. The monoisotopic (exact) mass is 522 g/mol. The molecule has 9 nitrogen and oxygen atoms in total. The summed E-state index contributed by atoms with van der Waals surface area (Å²) in [7, 11) is 1.79. The SMILES string of the molecule is Cc1nc(-c2nnn(C)c2CNc2nc(-c3ccccc3)c(F)s2)ccc1O[C@H]1CCC[C@H](C(=O)O)C1. The highest BCUT2D eigenvalue weighted by atomic mass is 32.1. The van der Waals surface area contributed by atoms with E-state index < -0.39 is 5.97 Å². The third kappa shape index (κ3) is 5.46. The number of hydrogen-bond acceptors (Lipinski definition) is 8. The van der Waals surface area contributed by atoms with Crippen molar-refractivity contribution in [3.63, 3.8) is 0 Å².